The van der Waals surface area contributed by atoms with Gasteiger partial charge in [-0.2, -0.15) is 0 Å². The van der Waals surface area contributed by atoms with Crippen LogP contribution in [0, 0.1) is 46.3 Å². The van der Waals surface area contributed by atoms with E-state index in [1.807, 2.05) is 0 Å². The SMILES string of the molecule is CCCCC1CCC(C2CCC3(CC2)CC2(CCC(C4CCC(CCCC)CC4)CC2)C3)CC1. The van der Waals surface area contributed by atoms with Crippen molar-refractivity contribution in [3.05, 3.63) is 0 Å². The highest BCUT2D eigenvalue weighted by molar-refractivity contribution is 5.07. The Morgan fingerprint density at radius 3 is 1.09 bits per heavy atom. The monoisotopic (exact) mass is 468 g/mol. The minimum absolute atomic E-state index is 0.818. The lowest BCUT2D eigenvalue weighted by molar-refractivity contribution is -0.109. The van der Waals surface area contributed by atoms with Crippen molar-refractivity contribution in [1.29, 1.82) is 0 Å². The van der Waals surface area contributed by atoms with Gasteiger partial charge in [0.15, 0.2) is 0 Å². The van der Waals surface area contributed by atoms with Gasteiger partial charge in [0, 0.05) is 0 Å². The average Bonchev–Trinajstić information content (AvgIpc) is 2.87. The Morgan fingerprint density at radius 1 is 0.441 bits per heavy atom. The predicted molar refractivity (Wildman–Crippen MR) is 148 cm³/mol. The van der Waals surface area contributed by atoms with Gasteiger partial charge in [0.25, 0.3) is 0 Å². The number of unbranched alkanes of at least 4 members (excludes halogenated alkanes) is 2. The van der Waals surface area contributed by atoms with Gasteiger partial charge in [-0.25, -0.2) is 0 Å². The van der Waals surface area contributed by atoms with Crippen LogP contribution < -0.4 is 0 Å². The van der Waals surface area contributed by atoms with Gasteiger partial charge in [-0.15, -0.1) is 0 Å². The van der Waals surface area contributed by atoms with Crippen LogP contribution in [-0.4, -0.2) is 0 Å². The summed E-state index contributed by atoms with van der Waals surface area (Å²) in [5.41, 5.74) is 1.64. The lowest BCUT2D eigenvalue weighted by atomic mass is 9.43. The first kappa shape index (κ1) is 25.6. The molecule has 0 aromatic rings. The Kier molecular flexibility index (Phi) is 8.74. The van der Waals surface area contributed by atoms with Crippen LogP contribution in [0.4, 0.5) is 0 Å². The van der Waals surface area contributed by atoms with Crippen molar-refractivity contribution >= 4 is 0 Å². The van der Waals surface area contributed by atoms with Crippen molar-refractivity contribution in [3.63, 3.8) is 0 Å². The number of hydrogen-bond acceptors (Lipinski definition) is 0. The second-order valence-electron chi connectivity index (χ2n) is 14.9. The second kappa shape index (κ2) is 11.6. The van der Waals surface area contributed by atoms with Crippen LogP contribution in [0.2, 0.25) is 0 Å². The molecule has 0 nitrogen and oxygen atoms in total. The van der Waals surface area contributed by atoms with Gasteiger partial charge in [-0.3, -0.25) is 0 Å². The molecule has 0 bridgehead atoms. The van der Waals surface area contributed by atoms with Gasteiger partial charge < -0.3 is 0 Å². The van der Waals surface area contributed by atoms with Gasteiger partial charge >= 0.3 is 0 Å². The predicted octanol–water partition coefficient (Wildman–Crippen LogP) is 11.1. The van der Waals surface area contributed by atoms with Crippen LogP contribution in [0.3, 0.4) is 0 Å². The first-order valence-electron chi connectivity index (χ1n) is 16.6. The molecule has 0 heteroatoms. The largest absolute Gasteiger partial charge is 0.0654 e. The number of rotatable bonds is 8. The van der Waals surface area contributed by atoms with Crippen LogP contribution in [0.1, 0.15) is 168 Å². The smallest absolute Gasteiger partial charge is 0.0287 e. The molecule has 196 valence electrons. The Hall–Kier alpha value is 0. The number of hydrogen-bond donors (Lipinski definition) is 0. The molecule has 0 amide bonds. The molecule has 0 unspecified atom stereocenters. The zero-order valence-corrected chi connectivity index (χ0v) is 23.4. The van der Waals surface area contributed by atoms with Crippen molar-refractivity contribution in [1.82, 2.24) is 0 Å². The fraction of sp³-hybridized carbons (Fsp3) is 1.00. The molecule has 0 atom stereocenters. The van der Waals surface area contributed by atoms with E-state index in [1.54, 1.807) is 116 Å². The minimum Gasteiger partial charge on any atom is -0.0654 e. The van der Waals surface area contributed by atoms with E-state index in [4.69, 9.17) is 0 Å². The van der Waals surface area contributed by atoms with Gasteiger partial charge in [0.05, 0.1) is 0 Å². The zero-order chi connectivity index (χ0) is 23.4. The molecule has 34 heavy (non-hydrogen) atoms. The van der Waals surface area contributed by atoms with Crippen molar-refractivity contribution in [2.24, 2.45) is 46.3 Å². The first-order chi connectivity index (χ1) is 16.6. The second-order valence-corrected chi connectivity index (χ2v) is 14.9. The molecule has 0 radical (unpaired) electrons. The van der Waals surface area contributed by atoms with E-state index in [2.05, 4.69) is 13.8 Å². The Labute approximate surface area is 214 Å². The highest BCUT2D eigenvalue weighted by Crippen LogP contribution is 2.67. The Balaban J connectivity index is 0.995. The molecule has 5 fully saturated rings. The maximum absolute atomic E-state index is 2.36. The molecular weight excluding hydrogens is 408 g/mol. The third-order valence-corrected chi connectivity index (χ3v) is 12.7. The molecule has 0 N–H and O–H groups in total. The van der Waals surface area contributed by atoms with Gasteiger partial charge in [-0.1, -0.05) is 78.1 Å². The van der Waals surface area contributed by atoms with E-state index in [9.17, 15) is 0 Å². The average molecular weight is 469 g/mol. The van der Waals surface area contributed by atoms with Crippen molar-refractivity contribution < 1.29 is 0 Å². The quantitative estimate of drug-likeness (QED) is 0.332. The summed E-state index contributed by atoms with van der Waals surface area (Å²) in [6, 6.07) is 0. The van der Waals surface area contributed by atoms with Crippen molar-refractivity contribution in [3.8, 4) is 0 Å². The fourth-order valence-electron chi connectivity index (χ4n) is 10.6. The van der Waals surface area contributed by atoms with Crippen LogP contribution in [0.15, 0.2) is 0 Å². The molecule has 5 aliphatic rings. The lowest BCUT2D eigenvalue weighted by Gasteiger charge is -2.62. The summed E-state index contributed by atoms with van der Waals surface area (Å²) in [5, 5.41) is 0. The minimum atomic E-state index is 0.818. The van der Waals surface area contributed by atoms with E-state index < -0.39 is 0 Å². The van der Waals surface area contributed by atoms with Crippen molar-refractivity contribution in [2.45, 2.75) is 168 Å². The molecule has 0 aromatic carbocycles. The summed E-state index contributed by atoms with van der Waals surface area (Å²) in [6.07, 6.45) is 37.5. The highest BCUT2D eigenvalue weighted by Gasteiger charge is 2.56. The van der Waals surface area contributed by atoms with Crippen LogP contribution in [0.25, 0.3) is 0 Å². The Bertz CT molecular complexity index is 524. The van der Waals surface area contributed by atoms with E-state index in [-0.39, 0.29) is 0 Å². The summed E-state index contributed by atoms with van der Waals surface area (Å²) in [7, 11) is 0. The molecule has 0 heterocycles. The third-order valence-electron chi connectivity index (χ3n) is 12.7. The van der Waals surface area contributed by atoms with Crippen LogP contribution >= 0.6 is 0 Å². The normalized spacial score (nSPS) is 45.4. The maximum Gasteiger partial charge on any atom is -0.0287 e. The van der Waals surface area contributed by atoms with E-state index >= 15 is 0 Å². The third kappa shape index (κ3) is 5.93. The van der Waals surface area contributed by atoms with E-state index in [0.717, 1.165) is 46.3 Å². The van der Waals surface area contributed by atoms with Gasteiger partial charge in [0.1, 0.15) is 0 Å². The zero-order valence-electron chi connectivity index (χ0n) is 23.4. The molecule has 5 rings (SSSR count). The topological polar surface area (TPSA) is 0 Å². The van der Waals surface area contributed by atoms with Crippen LogP contribution in [0.5, 0.6) is 0 Å². The summed E-state index contributed by atoms with van der Waals surface area (Å²) in [4.78, 5) is 0. The highest BCUT2D eigenvalue weighted by atomic mass is 14.6. The fourth-order valence-corrected chi connectivity index (χ4v) is 10.6. The van der Waals surface area contributed by atoms with Gasteiger partial charge in [-0.05, 0) is 136 Å². The van der Waals surface area contributed by atoms with E-state index in [0.29, 0.717) is 0 Å². The molecular formula is C34H60. The standard InChI is InChI=1S/C34H60/c1-3-5-7-27-9-13-29(14-10-27)31-17-21-33(22-18-31)25-34(26-33)23-19-32(20-24-34)30-15-11-28(12-16-30)8-6-4-2/h27-32H,3-26H2,1-2H3. The summed E-state index contributed by atoms with van der Waals surface area (Å²) >= 11 is 0. The van der Waals surface area contributed by atoms with Crippen molar-refractivity contribution in [2.75, 3.05) is 0 Å². The first-order valence-corrected chi connectivity index (χ1v) is 16.6. The molecule has 5 saturated carbocycles. The summed E-state index contributed by atoms with van der Waals surface area (Å²) < 4.78 is 0. The van der Waals surface area contributed by atoms with E-state index in [1.165, 1.54) is 38.5 Å². The maximum atomic E-state index is 2.36. The van der Waals surface area contributed by atoms with Gasteiger partial charge in [0.2, 0.25) is 0 Å². The Morgan fingerprint density at radius 2 is 0.765 bits per heavy atom. The lowest BCUT2D eigenvalue weighted by Crippen LogP contribution is -2.50. The molecule has 5 aliphatic carbocycles. The molecule has 2 spiro atoms. The van der Waals surface area contributed by atoms with Crippen LogP contribution in [-0.2, 0) is 0 Å². The molecule has 0 aliphatic heterocycles. The summed E-state index contributed by atoms with van der Waals surface area (Å²) in [5.74, 6) is 6.61. The molecule has 0 aromatic heterocycles. The summed E-state index contributed by atoms with van der Waals surface area (Å²) in [6.45, 7) is 4.72. The molecule has 0 saturated heterocycles.